The average molecular weight is 185 g/mol. The van der Waals surface area contributed by atoms with E-state index in [1.807, 2.05) is 0 Å². The van der Waals surface area contributed by atoms with Crippen molar-refractivity contribution in [2.75, 3.05) is 13.2 Å². The van der Waals surface area contributed by atoms with Crippen LogP contribution in [0.3, 0.4) is 0 Å². The lowest BCUT2D eigenvalue weighted by Gasteiger charge is -2.21. The minimum absolute atomic E-state index is 0.451. The molecule has 1 fully saturated rings. The maximum absolute atomic E-state index is 5.52. The van der Waals surface area contributed by atoms with Crippen LogP contribution in [0.25, 0.3) is 0 Å². The van der Waals surface area contributed by atoms with Crippen molar-refractivity contribution < 1.29 is 4.74 Å². The molecule has 0 bridgehead atoms. The van der Waals surface area contributed by atoms with Gasteiger partial charge in [-0.25, -0.2) is 0 Å². The highest BCUT2D eigenvalue weighted by atomic mass is 16.5. The molecule has 0 amide bonds. The zero-order valence-corrected chi connectivity index (χ0v) is 9.34. The maximum atomic E-state index is 5.52. The summed E-state index contributed by atoms with van der Waals surface area (Å²) < 4.78 is 5.52. The Morgan fingerprint density at radius 1 is 1.38 bits per heavy atom. The first-order valence-corrected chi connectivity index (χ1v) is 5.46. The van der Waals surface area contributed by atoms with Gasteiger partial charge in [-0.1, -0.05) is 13.8 Å². The van der Waals surface area contributed by atoms with Gasteiger partial charge in [0.15, 0.2) is 0 Å². The largest absolute Gasteiger partial charge is 0.378 e. The van der Waals surface area contributed by atoms with Crippen molar-refractivity contribution in [3.05, 3.63) is 0 Å². The summed E-state index contributed by atoms with van der Waals surface area (Å²) in [6.45, 7) is 11.0. The molecule has 13 heavy (non-hydrogen) atoms. The molecule has 1 N–H and O–H groups in total. The third-order valence-corrected chi connectivity index (χ3v) is 3.24. The molecule has 2 nitrogen and oxygen atoms in total. The quantitative estimate of drug-likeness (QED) is 0.723. The van der Waals surface area contributed by atoms with Crippen LogP contribution in [0.4, 0.5) is 0 Å². The van der Waals surface area contributed by atoms with Crippen molar-refractivity contribution in [2.24, 2.45) is 11.8 Å². The van der Waals surface area contributed by atoms with Crippen LogP contribution in [-0.2, 0) is 4.74 Å². The Morgan fingerprint density at radius 2 is 2.08 bits per heavy atom. The van der Waals surface area contributed by atoms with E-state index in [4.69, 9.17) is 4.74 Å². The van der Waals surface area contributed by atoms with E-state index in [-0.39, 0.29) is 0 Å². The van der Waals surface area contributed by atoms with Crippen molar-refractivity contribution in [3.63, 3.8) is 0 Å². The predicted octanol–water partition coefficient (Wildman–Crippen LogP) is 2.05. The number of hydrogen-bond donors (Lipinski definition) is 1. The summed E-state index contributed by atoms with van der Waals surface area (Å²) in [4.78, 5) is 0. The smallest absolute Gasteiger partial charge is 0.0588 e. The number of ether oxygens (including phenoxy) is 1. The van der Waals surface area contributed by atoms with Crippen molar-refractivity contribution in [2.45, 2.75) is 46.3 Å². The Bertz CT molecular complexity index is 147. The Hall–Kier alpha value is -0.0800. The van der Waals surface area contributed by atoms with E-state index in [9.17, 15) is 0 Å². The zero-order valence-electron chi connectivity index (χ0n) is 9.34. The molecule has 3 atom stereocenters. The fraction of sp³-hybridized carbons (Fsp3) is 1.00. The molecule has 0 spiro atoms. The lowest BCUT2D eigenvalue weighted by molar-refractivity contribution is 0.104. The first-order chi connectivity index (χ1) is 6.11. The normalized spacial score (nSPS) is 31.2. The highest BCUT2D eigenvalue weighted by Gasteiger charge is 2.24. The topological polar surface area (TPSA) is 21.3 Å². The molecule has 2 heteroatoms. The van der Waals surface area contributed by atoms with Gasteiger partial charge >= 0.3 is 0 Å². The van der Waals surface area contributed by atoms with E-state index in [1.54, 1.807) is 0 Å². The molecule has 3 unspecified atom stereocenters. The van der Waals surface area contributed by atoms with Crippen LogP contribution >= 0.6 is 0 Å². The molecule has 0 aliphatic carbocycles. The molecule has 1 aliphatic heterocycles. The summed E-state index contributed by atoms with van der Waals surface area (Å²) in [5.74, 6) is 1.44. The van der Waals surface area contributed by atoms with Gasteiger partial charge in [-0.3, -0.25) is 0 Å². The third-order valence-electron chi connectivity index (χ3n) is 3.24. The summed E-state index contributed by atoms with van der Waals surface area (Å²) in [6.07, 6.45) is 1.67. The molecule has 1 saturated heterocycles. The van der Waals surface area contributed by atoms with Crippen LogP contribution in [0.2, 0.25) is 0 Å². The van der Waals surface area contributed by atoms with Gasteiger partial charge in [0.25, 0.3) is 0 Å². The van der Waals surface area contributed by atoms with Crippen LogP contribution < -0.4 is 5.32 Å². The number of hydrogen-bond acceptors (Lipinski definition) is 2. The van der Waals surface area contributed by atoms with Gasteiger partial charge in [0.2, 0.25) is 0 Å². The lowest BCUT2D eigenvalue weighted by atomic mass is 10.0. The fourth-order valence-corrected chi connectivity index (χ4v) is 1.62. The molecular formula is C11H23NO. The Balaban J connectivity index is 2.18. The molecule has 1 heterocycles. The molecule has 0 aromatic heterocycles. The van der Waals surface area contributed by atoms with Gasteiger partial charge in [-0.2, -0.15) is 0 Å². The van der Waals surface area contributed by atoms with E-state index < -0.39 is 0 Å². The van der Waals surface area contributed by atoms with E-state index in [0.29, 0.717) is 12.1 Å². The highest BCUT2D eigenvalue weighted by Crippen LogP contribution is 2.19. The average Bonchev–Trinajstić information content (AvgIpc) is 2.47. The lowest BCUT2D eigenvalue weighted by Crippen LogP contribution is -2.36. The van der Waals surface area contributed by atoms with E-state index in [2.05, 4.69) is 33.0 Å². The van der Waals surface area contributed by atoms with E-state index in [0.717, 1.165) is 25.0 Å². The Morgan fingerprint density at radius 3 is 2.54 bits per heavy atom. The minimum Gasteiger partial charge on any atom is -0.378 e. The van der Waals surface area contributed by atoms with Gasteiger partial charge in [0, 0.05) is 19.2 Å². The minimum atomic E-state index is 0.451. The molecule has 1 rings (SSSR count). The van der Waals surface area contributed by atoms with Crippen LogP contribution in [0, 0.1) is 11.8 Å². The second-order valence-corrected chi connectivity index (χ2v) is 4.57. The van der Waals surface area contributed by atoms with Crippen molar-refractivity contribution in [1.82, 2.24) is 5.32 Å². The van der Waals surface area contributed by atoms with Crippen molar-refractivity contribution in [1.29, 1.82) is 0 Å². The molecular weight excluding hydrogens is 162 g/mol. The molecule has 1 aliphatic rings. The maximum Gasteiger partial charge on any atom is 0.0588 e. The summed E-state index contributed by atoms with van der Waals surface area (Å²) in [6, 6.07) is 0.618. The van der Waals surface area contributed by atoms with Crippen LogP contribution in [0.15, 0.2) is 0 Å². The number of nitrogens with one attached hydrogen (secondary N) is 1. The van der Waals surface area contributed by atoms with Crippen molar-refractivity contribution >= 4 is 0 Å². The standard InChI is InChI=1S/C11H23NO/c1-8(2)9(3)12-7-11-5-6-13-10(11)4/h8-12H,5-7H2,1-4H3. The summed E-state index contributed by atoms with van der Waals surface area (Å²) in [5.41, 5.74) is 0. The van der Waals surface area contributed by atoms with Crippen LogP contribution in [-0.4, -0.2) is 25.3 Å². The molecule has 78 valence electrons. The van der Waals surface area contributed by atoms with Gasteiger partial charge in [-0.05, 0) is 32.1 Å². The number of rotatable bonds is 4. The fourth-order valence-electron chi connectivity index (χ4n) is 1.62. The van der Waals surface area contributed by atoms with Crippen LogP contribution in [0.5, 0.6) is 0 Å². The Kier molecular flexibility index (Phi) is 4.20. The van der Waals surface area contributed by atoms with Gasteiger partial charge < -0.3 is 10.1 Å². The molecule has 0 aromatic carbocycles. The van der Waals surface area contributed by atoms with E-state index in [1.165, 1.54) is 6.42 Å². The highest BCUT2D eigenvalue weighted by molar-refractivity contribution is 4.76. The first-order valence-electron chi connectivity index (χ1n) is 5.46. The van der Waals surface area contributed by atoms with Crippen LogP contribution in [0.1, 0.15) is 34.1 Å². The Labute approximate surface area is 82.0 Å². The van der Waals surface area contributed by atoms with Gasteiger partial charge in [0.05, 0.1) is 6.10 Å². The predicted molar refractivity (Wildman–Crippen MR) is 55.8 cm³/mol. The third kappa shape index (κ3) is 3.28. The molecule has 0 radical (unpaired) electrons. The second-order valence-electron chi connectivity index (χ2n) is 4.57. The monoisotopic (exact) mass is 185 g/mol. The van der Waals surface area contributed by atoms with Gasteiger partial charge in [-0.15, -0.1) is 0 Å². The summed E-state index contributed by atoms with van der Waals surface area (Å²) in [7, 11) is 0. The molecule has 0 saturated carbocycles. The summed E-state index contributed by atoms with van der Waals surface area (Å²) >= 11 is 0. The SMILES string of the molecule is CC(C)C(C)NCC1CCOC1C. The van der Waals surface area contributed by atoms with Gasteiger partial charge in [0.1, 0.15) is 0 Å². The van der Waals surface area contributed by atoms with E-state index >= 15 is 0 Å². The second kappa shape index (κ2) is 4.97. The van der Waals surface area contributed by atoms with Crippen molar-refractivity contribution in [3.8, 4) is 0 Å². The molecule has 0 aromatic rings. The summed E-state index contributed by atoms with van der Waals surface area (Å²) in [5, 5.41) is 3.57. The zero-order chi connectivity index (χ0) is 9.84. The first kappa shape index (κ1) is 11.0.